The summed E-state index contributed by atoms with van der Waals surface area (Å²) in [6.45, 7) is 3.72. The van der Waals surface area contributed by atoms with Gasteiger partial charge in [-0.1, -0.05) is 60.7 Å². The Morgan fingerprint density at radius 1 is 0.870 bits per heavy atom. The molecule has 0 spiro atoms. The van der Waals surface area contributed by atoms with E-state index in [2.05, 4.69) is 48.5 Å². The molecule has 3 aromatic carbocycles. The molecule has 1 aliphatic rings. The van der Waals surface area contributed by atoms with Crippen LogP contribution in [0.25, 0.3) is 21.9 Å². The van der Waals surface area contributed by atoms with Crippen molar-refractivity contribution in [1.29, 1.82) is 0 Å². The van der Waals surface area contributed by atoms with Gasteiger partial charge in [0.15, 0.2) is 0 Å². The van der Waals surface area contributed by atoms with E-state index in [1.165, 1.54) is 34.7 Å². The quantitative estimate of drug-likeness (QED) is 0.666. The van der Waals surface area contributed by atoms with Gasteiger partial charge in [0.2, 0.25) is 0 Å². The van der Waals surface area contributed by atoms with Gasteiger partial charge in [-0.25, -0.2) is 0 Å². The molecule has 0 aliphatic heterocycles. The number of fused-ring (bicyclic) bond motifs is 1. The molecular formula is C22H22O. The molecule has 3 aromatic rings. The molecule has 116 valence electrons. The molecular weight excluding hydrogens is 280 g/mol. The molecule has 0 heterocycles. The van der Waals surface area contributed by atoms with Gasteiger partial charge in [-0.2, -0.15) is 0 Å². The van der Waals surface area contributed by atoms with E-state index < -0.39 is 5.60 Å². The van der Waals surface area contributed by atoms with Gasteiger partial charge in [-0.3, -0.25) is 0 Å². The first-order chi connectivity index (χ1) is 11.0. The number of hydrogen-bond donors (Lipinski definition) is 1. The van der Waals surface area contributed by atoms with Gasteiger partial charge >= 0.3 is 0 Å². The first-order valence-electron chi connectivity index (χ1n) is 8.39. The van der Waals surface area contributed by atoms with Gasteiger partial charge in [0.1, 0.15) is 0 Å². The van der Waals surface area contributed by atoms with E-state index in [1.807, 2.05) is 26.0 Å². The molecule has 0 aromatic heterocycles. The van der Waals surface area contributed by atoms with E-state index in [-0.39, 0.29) is 0 Å². The summed E-state index contributed by atoms with van der Waals surface area (Å²) < 4.78 is 0. The number of benzene rings is 3. The average molecular weight is 302 g/mol. The van der Waals surface area contributed by atoms with Crippen LogP contribution >= 0.6 is 0 Å². The highest BCUT2D eigenvalue weighted by molar-refractivity contribution is 5.98. The maximum absolute atomic E-state index is 10.6. The first-order valence-corrected chi connectivity index (χ1v) is 8.39. The third-order valence-corrected chi connectivity index (χ3v) is 4.81. The average Bonchev–Trinajstić information content (AvgIpc) is 3.38. The van der Waals surface area contributed by atoms with Crippen LogP contribution in [-0.4, -0.2) is 5.11 Å². The predicted molar refractivity (Wildman–Crippen MR) is 96.6 cm³/mol. The van der Waals surface area contributed by atoms with Gasteiger partial charge in [0.05, 0.1) is 5.60 Å². The molecule has 0 saturated heterocycles. The zero-order valence-electron chi connectivity index (χ0n) is 13.7. The van der Waals surface area contributed by atoms with Crippen molar-refractivity contribution in [3.63, 3.8) is 0 Å². The smallest absolute Gasteiger partial charge is 0.0846 e. The summed E-state index contributed by atoms with van der Waals surface area (Å²) >= 11 is 0. The minimum absolute atomic E-state index is 0.715. The highest BCUT2D eigenvalue weighted by Crippen LogP contribution is 2.44. The van der Waals surface area contributed by atoms with Crippen molar-refractivity contribution >= 4 is 10.8 Å². The maximum atomic E-state index is 10.6. The van der Waals surface area contributed by atoms with Gasteiger partial charge in [0.25, 0.3) is 0 Å². The van der Waals surface area contributed by atoms with Crippen LogP contribution in [0.4, 0.5) is 0 Å². The molecule has 0 unspecified atom stereocenters. The monoisotopic (exact) mass is 302 g/mol. The van der Waals surface area contributed by atoms with E-state index in [4.69, 9.17) is 0 Å². The van der Waals surface area contributed by atoms with Gasteiger partial charge in [-0.05, 0) is 65.6 Å². The minimum Gasteiger partial charge on any atom is -0.386 e. The van der Waals surface area contributed by atoms with Crippen LogP contribution in [-0.2, 0) is 5.60 Å². The van der Waals surface area contributed by atoms with E-state index in [0.717, 1.165) is 11.1 Å². The lowest BCUT2D eigenvalue weighted by Gasteiger charge is -2.23. The molecule has 1 N–H and O–H groups in total. The Kier molecular flexibility index (Phi) is 3.28. The normalized spacial score (nSPS) is 15.1. The number of rotatable bonds is 3. The number of aliphatic hydroxyl groups is 1. The van der Waals surface area contributed by atoms with Crippen molar-refractivity contribution in [3.8, 4) is 11.1 Å². The Morgan fingerprint density at radius 3 is 2.30 bits per heavy atom. The van der Waals surface area contributed by atoms with Crippen LogP contribution in [0.15, 0.2) is 60.7 Å². The molecule has 1 nitrogen and oxygen atoms in total. The molecule has 23 heavy (non-hydrogen) atoms. The molecule has 4 rings (SSSR count). The van der Waals surface area contributed by atoms with Crippen molar-refractivity contribution in [1.82, 2.24) is 0 Å². The largest absolute Gasteiger partial charge is 0.386 e. The summed E-state index contributed by atoms with van der Waals surface area (Å²) in [4.78, 5) is 0. The fourth-order valence-corrected chi connectivity index (χ4v) is 3.46. The summed E-state index contributed by atoms with van der Waals surface area (Å²) in [5, 5.41) is 13.1. The Hall–Kier alpha value is -2.12. The first kappa shape index (κ1) is 14.5. The standard InChI is InChI=1S/C22H22O/c1-22(2,23)21-10-6-5-9-19(21)20-14-17(15-11-12-15)13-16-7-3-4-8-18(16)20/h3-10,13-15,23H,11-12H2,1-2H3. The van der Waals surface area contributed by atoms with E-state index in [9.17, 15) is 5.11 Å². The van der Waals surface area contributed by atoms with Crippen LogP contribution in [0.2, 0.25) is 0 Å². The van der Waals surface area contributed by atoms with Crippen LogP contribution in [0.1, 0.15) is 43.7 Å². The lowest BCUT2D eigenvalue weighted by atomic mass is 9.86. The minimum atomic E-state index is -0.854. The van der Waals surface area contributed by atoms with Crippen molar-refractivity contribution in [2.24, 2.45) is 0 Å². The third-order valence-electron chi connectivity index (χ3n) is 4.81. The van der Waals surface area contributed by atoms with Crippen molar-refractivity contribution < 1.29 is 5.11 Å². The Labute approximate surface area is 137 Å². The van der Waals surface area contributed by atoms with E-state index in [1.54, 1.807) is 0 Å². The summed E-state index contributed by atoms with van der Waals surface area (Å²) in [6.07, 6.45) is 2.59. The molecule has 1 aliphatic carbocycles. The summed E-state index contributed by atoms with van der Waals surface area (Å²) in [5.41, 5.74) is 3.94. The number of hydrogen-bond acceptors (Lipinski definition) is 1. The lowest BCUT2D eigenvalue weighted by molar-refractivity contribution is 0.0792. The van der Waals surface area contributed by atoms with Crippen molar-refractivity contribution in [2.45, 2.75) is 38.2 Å². The molecule has 1 heteroatoms. The third kappa shape index (κ3) is 2.66. The highest BCUT2D eigenvalue weighted by Gasteiger charge is 2.26. The molecule has 1 fully saturated rings. The zero-order valence-corrected chi connectivity index (χ0v) is 13.7. The lowest BCUT2D eigenvalue weighted by Crippen LogP contribution is -2.16. The SMILES string of the molecule is CC(C)(O)c1ccccc1-c1cc(C2CC2)cc2ccccc12. The summed E-state index contributed by atoms with van der Waals surface area (Å²) in [5.74, 6) is 0.715. The molecule has 0 atom stereocenters. The second kappa shape index (κ2) is 5.21. The van der Waals surface area contributed by atoms with E-state index in [0.29, 0.717) is 5.92 Å². The van der Waals surface area contributed by atoms with Crippen molar-refractivity contribution in [3.05, 3.63) is 71.8 Å². The Morgan fingerprint density at radius 2 is 1.57 bits per heavy atom. The van der Waals surface area contributed by atoms with Crippen molar-refractivity contribution in [2.75, 3.05) is 0 Å². The molecule has 1 saturated carbocycles. The molecule has 0 amide bonds. The topological polar surface area (TPSA) is 20.2 Å². The Bertz CT molecular complexity index is 867. The van der Waals surface area contributed by atoms with Gasteiger partial charge in [0, 0.05) is 0 Å². The highest BCUT2D eigenvalue weighted by atomic mass is 16.3. The van der Waals surface area contributed by atoms with Crippen LogP contribution in [0.3, 0.4) is 0 Å². The summed E-state index contributed by atoms with van der Waals surface area (Å²) in [7, 11) is 0. The molecule has 0 radical (unpaired) electrons. The van der Waals surface area contributed by atoms with E-state index >= 15 is 0 Å². The van der Waals surface area contributed by atoms with Gasteiger partial charge in [-0.15, -0.1) is 0 Å². The van der Waals surface area contributed by atoms with Crippen LogP contribution in [0, 0.1) is 0 Å². The Balaban J connectivity index is 2.02. The van der Waals surface area contributed by atoms with Crippen LogP contribution < -0.4 is 0 Å². The predicted octanol–water partition coefficient (Wildman–Crippen LogP) is 5.61. The van der Waals surface area contributed by atoms with Gasteiger partial charge < -0.3 is 5.11 Å². The zero-order chi connectivity index (χ0) is 16.0. The summed E-state index contributed by atoms with van der Waals surface area (Å²) in [6, 6.07) is 21.5. The second-order valence-corrected chi connectivity index (χ2v) is 7.17. The van der Waals surface area contributed by atoms with Crippen LogP contribution in [0.5, 0.6) is 0 Å². The second-order valence-electron chi connectivity index (χ2n) is 7.17. The maximum Gasteiger partial charge on any atom is 0.0846 e. The fourth-order valence-electron chi connectivity index (χ4n) is 3.46. The molecule has 0 bridgehead atoms. The fraction of sp³-hybridized carbons (Fsp3) is 0.273.